The summed E-state index contributed by atoms with van der Waals surface area (Å²) in [5.74, 6) is 0. The molecule has 9 heteroatoms. The number of hydrogen-bond acceptors (Lipinski definition) is 4. The van der Waals surface area contributed by atoms with E-state index < -0.39 is 3.81 Å². The van der Waals surface area contributed by atoms with Gasteiger partial charge in [-0.25, -0.2) is 0 Å². The maximum atomic E-state index is 7.99. The predicted molar refractivity (Wildman–Crippen MR) is 43.7 cm³/mol. The van der Waals surface area contributed by atoms with Gasteiger partial charge in [0.2, 0.25) is 0 Å². The second-order valence-electron chi connectivity index (χ2n) is 1.38. The van der Waals surface area contributed by atoms with E-state index in [0.29, 0.717) is 0 Å². The van der Waals surface area contributed by atoms with Crippen LogP contribution in [0, 0.1) is 23.0 Å². The molecular formula is C2Cl4N2O2P-. The molecule has 0 N–H and O–H groups in total. The van der Waals surface area contributed by atoms with Crippen LogP contribution in [0.3, 0.4) is 0 Å². The first kappa shape index (κ1) is 11.2. The molecule has 0 saturated carbocycles. The summed E-state index contributed by atoms with van der Waals surface area (Å²) in [4.78, 5) is 0. The van der Waals surface area contributed by atoms with Crippen molar-refractivity contribution in [3.8, 4) is 12.5 Å². The molecule has 0 aliphatic carbocycles. The Bertz CT molecular complexity index is 233. The van der Waals surface area contributed by atoms with Gasteiger partial charge in [-0.2, -0.15) is 0 Å². The normalized spacial score (nSPS) is 16.5. The Morgan fingerprint density at radius 3 is 1.36 bits per heavy atom. The van der Waals surface area contributed by atoms with Crippen molar-refractivity contribution in [3.63, 3.8) is 0 Å². The first-order chi connectivity index (χ1) is 4.62. The zero-order valence-electron chi connectivity index (χ0n) is 4.67. The van der Waals surface area contributed by atoms with Gasteiger partial charge in [0.25, 0.3) is 0 Å². The van der Waals surface area contributed by atoms with Crippen molar-refractivity contribution in [2.75, 3.05) is 0 Å². The van der Waals surface area contributed by atoms with E-state index in [2.05, 4.69) is 9.05 Å². The second kappa shape index (κ2) is 2.33. The third-order valence-corrected chi connectivity index (χ3v) is 2.95. The number of nitriles is 2. The fourth-order valence-electron chi connectivity index (χ4n) is 0.175. The number of nitrogens with zero attached hydrogens (tertiary/aromatic N) is 2. The second-order valence-corrected chi connectivity index (χ2v) is 16.3. The molecule has 0 aliphatic heterocycles. The minimum atomic E-state index is -5.64. The zero-order chi connectivity index (χ0) is 9.24. The molecule has 0 fully saturated rings. The van der Waals surface area contributed by atoms with Crippen LogP contribution >= 0.6 is 48.8 Å². The van der Waals surface area contributed by atoms with Gasteiger partial charge >= 0.3 is 80.9 Å². The first-order valence-electron chi connectivity index (χ1n) is 1.90. The van der Waals surface area contributed by atoms with E-state index in [1.54, 1.807) is 0 Å². The van der Waals surface area contributed by atoms with Gasteiger partial charge in [0.1, 0.15) is 0 Å². The number of hydrogen-bond donors (Lipinski definition) is 0. The molecule has 0 heterocycles. The maximum absolute atomic E-state index is 7.99. The van der Waals surface area contributed by atoms with Crippen LogP contribution in [0.15, 0.2) is 0 Å². The molecule has 0 rings (SSSR count). The van der Waals surface area contributed by atoms with E-state index in [9.17, 15) is 0 Å². The summed E-state index contributed by atoms with van der Waals surface area (Å²) in [5.41, 5.74) is 0. The van der Waals surface area contributed by atoms with Crippen LogP contribution in [-0.2, 0) is 9.05 Å². The van der Waals surface area contributed by atoms with Gasteiger partial charge in [-0.3, -0.25) is 0 Å². The summed E-state index contributed by atoms with van der Waals surface area (Å²) in [7, 11) is 0. The summed E-state index contributed by atoms with van der Waals surface area (Å²) in [6.45, 7) is 0. The molecule has 0 amide bonds. The van der Waals surface area contributed by atoms with Crippen LogP contribution in [0.1, 0.15) is 0 Å². The van der Waals surface area contributed by atoms with Crippen molar-refractivity contribution < 1.29 is 9.05 Å². The topological polar surface area (TPSA) is 66.0 Å². The van der Waals surface area contributed by atoms with E-state index in [0.717, 1.165) is 12.5 Å². The molecule has 0 unspecified atom stereocenters. The molecule has 0 aliphatic rings. The van der Waals surface area contributed by atoms with Crippen molar-refractivity contribution in [1.29, 1.82) is 10.5 Å². The van der Waals surface area contributed by atoms with E-state index >= 15 is 0 Å². The van der Waals surface area contributed by atoms with Crippen LogP contribution < -0.4 is 0 Å². The Kier molecular flexibility index (Phi) is 2.36. The molecule has 4 nitrogen and oxygen atoms in total. The molecule has 0 bridgehead atoms. The zero-order valence-corrected chi connectivity index (χ0v) is 8.59. The van der Waals surface area contributed by atoms with Crippen LogP contribution in [-0.4, -0.2) is 0 Å². The fraction of sp³-hybridized carbons (Fsp3) is 0. The number of rotatable bonds is 2. The van der Waals surface area contributed by atoms with Crippen molar-refractivity contribution in [3.05, 3.63) is 0 Å². The summed E-state index contributed by atoms with van der Waals surface area (Å²) in [5, 5.41) is 16.0. The summed E-state index contributed by atoms with van der Waals surface area (Å²) < 4.78 is 2.17. The Morgan fingerprint density at radius 2 is 1.18 bits per heavy atom. The van der Waals surface area contributed by atoms with Crippen molar-refractivity contribution in [2.45, 2.75) is 0 Å². The Balaban J connectivity index is 4.91. The standard InChI is InChI=1S/C2Cl4N2O2P/c3-11(4,5,6,9-1-7)10-2-8/q-1. The van der Waals surface area contributed by atoms with Crippen LogP contribution in [0.25, 0.3) is 0 Å². The van der Waals surface area contributed by atoms with Crippen molar-refractivity contribution in [1.82, 2.24) is 0 Å². The van der Waals surface area contributed by atoms with Gasteiger partial charge in [0, 0.05) is 0 Å². The summed E-state index contributed by atoms with van der Waals surface area (Å²) in [6.07, 6.45) is 2.06. The quantitative estimate of drug-likeness (QED) is 0.560. The Labute approximate surface area is 80.9 Å². The van der Waals surface area contributed by atoms with E-state index in [-0.39, 0.29) is 0 Å². The Hall–Kier alpha value is 0.170. The van der Waals surface area contributed by atoms with Crippen LogP contribution in [0.2, 0.25) is 0 Å². The molecular weight excluding hydrogens is 257 g/mol. The van der Waals surface area contributed by atoms with E-state index in [1.807, 2.05) is 0 Å². The minimum absolute atomic E-state index is 1.03. The molecule has 0 aromatic rings. The number of halogens is 4. The molecule has 0 aromatic carbocycles. The van der Waals surface area contributed by atoms with Gasteiger partial charge in [-0.15, -0.1) is 0 Å². The summed E-state index contributed by atoms with van der Waals surface area (Å²) >= 11 is 20.8. The van der Waals surface area contributed by atoms with E-state index in [4.69, 9.17) is 55.5 Å². The van der Waals surface area contributed by atoms with Crippen molar-refractivity contribution in [2.24, 2.45) is 0 Å². The molecule has 11 heavy (non-hydrogen) atoms. The molecule has 0 aromatic heterocycles. The Morgan fingerprint density at radius 1 is 0.909 bits per heavy atom. The third-order valence-electron chi connectivity index (χ3n) is 0.432. The molecule has 0 atom stereocenters. The molecule has 0 radical (unpaired) electrons. The van der Waals surface area contributed by atoms with Crippen molar-refractivity contribution >= 4 is 48.8 Å². The SMILES string of the molecule is N#CO[P-](Cl)(Cl)(Cl)(Cl)OC#N. The monoisotopic (exact) mass is 255 g/mol. The van der Waals surface area contributed by atoms with Crippen LogP contribution in [0.5, 0.6) is 0 Å². The van der Waals surface area contributed by atoms with Gasteiger partial charge in [0.15, 0.2) is 0 Å². The average molecular weight is 257 g/mol. The molecule has 0 spiro atoms. The van der Waals surface area contributed by atoms with Gasteiger partial charge in [-0.05, 0) is 0 Å². The molecule has 0 saturated heterocycles. The first-order valence-corrected chi connectivity index (χ1v) is 8.04. The van der Waals surface area contributed by atoms with Gasteiger partial charge in [0.05, 0.1) is 0 Å². The average Bonchev–Trinajstić information content (AvgIpc) is 1.59. The fourth-order valence-corrected chi connectivity index (χ4v) is 1.27. The predicted octanol–water partition coefficient (Wildman–Crippen LogP) is 3.52. The van der Waals surface area contributed by atoms with Crippen LogP contribution in [0.4, 0.5) is 0 Å². The molecule has 64 valence electrons. The summed E-state index contributed by atoms with van der Waals surface area (Å²) in [6, 6.07) is 0. The van der Waals surface area contributed by atoms with E-state index in [1.165, 1.54) is 0 Å². The van der Waals surface area contributed by atoms with Gasteiger partial charge in [-0.1, -0.05) is 0 Å². The third kappa shape index (κ3) is 4.58. The van der Waals surface area contributed by atoms with Gasteiger partial charge < -0.3 is 0 Å².